The van der Waals surface area contributed by atoms with Crippen LogP contribution >= 0.6 is 0 Å². The van der Waals surface area contributed by atoms with Gasteiger partial charge < -0.3 is 24.2 Å². The summed E-state index contributed by atoms with van der Waals surface area (Å²) in [6.45, 7) is 7.78. The topological polar surface area (TPSA) is 62.3 Å². The van der Waals surface area contributed by atoms with Crippen LogP contribution in [0, 0.1) is 11.8 Å². The highest BCUT2D eigenvalue weighted by Crippen LogP contribution is 2.52. The molecule has 0 unspecified atom stereocenters. The smallest absolute Gasteiger partial charge is 0.230 e. The second-order valence-corrected chi connectivity index (χ2v) is 8.58. The molecular formula is C23H29N3O4. The Hall–Kier alpha value is -2.38. The van der Waals surface area contributed by atoms with Crippen LogP contribution in [0.4, 0.5) is 0 Å². The van der Waals surface area contributed by atoms with E-state index in [0.717, 1.165) is 38.5 Å². The van der Waals surface area contributed by atoms with Crippen LogP contribution in [0.1, 0.15) is 6.92 Å². The third-order valence-corrected chi connectivity index (χ3v) is 6.97. The van der Waals surface area contributed by atoms with Gasteiger partial charge in [-0.05, 0) is 18.7 Å². The number of hydrogen-bond acceptors (Lipinski definition) is 5. The minimum atomic E-state index is -0.653. The van der Waals surface area contributed by atoms with Crippen molar-refractivity contribution in [1.29, 1.82) is 0 Å². The Bertz CT molecular complexity index is 836. The summed E-state index contributed by atoms with van der Waals surface area (Å²) in [7, 11) is 0. The van der Waals surface area contributed by atoms with Crippen molar-refractivity contribution in [2.45, 2.75) is 18.6 Å². The summed E-state index contributed by atoms with van der Waals surface area (Å²) in [4.78, 5) is 32.7. The van der Waals surface area contributed by atoms with Gasteiger partial charge in [0.1, 0.15) is 18.0 Å². The third-order valence-electron chi connectivity index (χ3n) is 6.97. The molecule has 0 saturated carbocycles. The molecule has 3 fully saturated rings. The first kappa shape index (κ1) is 19.6. The van der Waals surface area contributed by atoms with E-state index in [1.54, 1.807) is 4.90 Å². The molecule has 4 atom stereocenters. The van der Waals surface area contributed by atoms with Gasteiger partial charge in [0.05, 0.1) is 31.0 Å². The summed E-state index contributed by atoms with van der Waals surface area (Å²) in [5, 5.41) is 0. The third kappa shape index (κ3) is 3.20. The fourth-order valence-electron chi connectivity index (χ4n) is 5.34. The number of carbonyl (C=O) groups excluding carboxylic acids is 2. The van der Waals surface area contributed by atoms with Crippen molar-refractivity contribution in [2.75, 3.05) is 52.4 Å². The van der Waals surface area contributed by atoms with Crippen LogP contribution in [0.3, 0.4) is 0 Å². The molecule has 0 aliphatic carbocycles. The number of piperazine rings is 1. The maximum Gasteiger partial charge on any atom is 0.230 e. The average molecular weight is 412 g/mol. The Morgan fingerprint density at radius 3 is 2.70 bits per heavy atom. The summed E-state index contributed by atoms with van der Waals surface area (Å²) in [5.74, 6) is 0.0577. The molecule has 2 amide bonds. The van der Waals surface area contributed by atoms with Gasteiger partial charge in [-0.15, -0.1) is 0 Å². The van der Waals surface area contributed by atoms with E-state index in [2.05, 4.69) is 11.8 Å². The lowest BCUT2D eigenvalue weighted by Crippen LogP contribution is -2.53. The van der Waals surface area contributed by atoms with Crippen LogP contribution in [0.25, 0.3) is 0 Å². The van der Waals surface area contributed by atoms with Crippen molar-refractivity contribution in [1.82, 2.24) is 14.7 Å². The van der Waals surface area contributed by atoms with Gasteiger partial charge in [0.2, 0.25) is 11.8 Å². The molecule has 7 heteroatoms. The maximum atomic E-state index is 13.4. The zero-order valence-electron chi connectivity index (χ0n) is 17.4. The lowest BCUT2D eigenvalue weighted by Gasteiger charge is -2.37. The van der Waals surface area contributed by atoms with Crippen molar-refractivity contribution < 1.29 is 19.1 Å². The quantitative estimate of drug-likeness (QED) is 0.654. The van der Waals surface area contributed by atoms with Crippen molar-refractivity contribution >= 4 is 11.8 Å². The van der Waals surface area contributed by atoms with E-state index >= 15 is 0 Å². The number of fused-ring (bicyclic) bond motifs is 1. The number of ether oxygens (including phenoxy) is 2. The van der Waals surface area contributed by atoms with Crippen LogP contribution in [0.15, 0.2) is 42.5 Å². The highest BCUT2D eigenvalue weighted by atomic mass is 16.5. The Labute approximate surface area is 177 Å². The predicted octanol–water partition coefficient (Wildman–Crippen LogP) is 1.01. The normalized spacial score (nSPS) is 32.7. The fourth-order valence-corrected chi connectivity index (χ4v) is 5.34. The second kappa shape index (κ2) is 7.71. The molecule has 1 aromatic rings. The largest absolute Gasteiger partial charge is 0.492 e. The Morgan fingerprint density at radius 1 is 1.20 bits per heavy atom. The molecule has 4 aliphatic heterocycles. The molecule has 0 aromatic heterocycles. The van der Waals surface area contributed by atoms with Gasteiger partial charge in [0.25, 0.3) is 0 Å². The number of hydrogen-bond donors (Lipinski definition) is 0. The number of nitrogens with zero attached hydrogens (tertiary/aromatic N) is 3. The van der Waals surface area contributed by atoms with Crippen LogP contribution < -0.4 is 4.74 Å². The number of rotatable bonds is 6. The van der Waals surface area contributed by atoms with Crippen LogP contribution in [0.2, 0.25) is 0 Å². The highest BCUT2D eigenvalue weighted by Gasteiger charge is 2.67. The van der Waals surface area contributed by atoms with Gasteiger partial charge in [-0.1, -0.05) is 37.3 Å². The van der Waals surface area contributed by atoms with Gasteiger partial charge in [0, 0.05) is 26.2 Å². The Kier molecular flexibility index (Phi) is 5.03. The number of carbonyl (C=O) groups is 2. The van der Waals surface area contributed by atoms with E-state index in [4.69, 9.17) is 9.47 Å². The number of likely N-dealkylation sites (N-methyl/N-ethyl adjacent to an activating group) is 1. The Morgan fingerprint density at radius 2 is 1.97 bits per heavy atom. The van der Waals surface area contributed by atoms with Crippen molar-refractivity contribution in [2.24, 2.45) is 11.8 Å². The van der Waals surface area contributed by atoms with Crippen molar-refractivity contribution in [3.63, 3.8) is 0 Å². The van der Waals surface area contributed by atoms with Gasteiger partial charge >= 0.3 is 0 Å². The van der Waals surface area contributed by atoms with Gasteiger partial charge in [0.15, 0.2) is 0 Å². The van der Waals surface area contributed by atoms with E-state index in [1.807, 2.05) is 47.4 Å². The molecule has 5 rings (SSSR count). The lowest BCUT2D eigenvalue weighted by molar-refractivity contribution is -0.144. The minimum absolute atomic E-state index is 0.0176. The molecule has 0 N–H and O–H groups in total. The zero-order valence-corrected chi connectivity index (χ0v) is 17.4. The molecule has 0 radical (unpaired) electrons. The van der Waals surface area contributed by atoms with E-state index in [0.29, 0.717) is 19.7 Å². The SMILES string of the molecule is CCN1CCN(C(=O)[C@@H]2[C@@H]3C=C[C@@]4(CN(CCOc5ccccc5)C(=O)[C@H]24)O3)CC1. The molecule has 1 aromatic carbocycles. The molecule has 4 heterocycles. The average Bonchev–Trinajstić information content (AvgIpc) is 3.42. The number of likely N-dealkylation sites (tertiary alicyclic amines) is 1. The van der Waals surface area contributed by atoms with E-state index < -0.39 is 17.4 Å². The predicted molar refractivity (Wildman–Crippen MR) is 111 cm³/mol. The van der Waals surface area contributed by atoms with Crippen molar-refractivity contribution in [3.05, 3.63) is 42.5 Å². The maximum absolute atomic E-state index is 13.4. The van der Waals surface area contributed by atoms with E-state index in [9.17, 15) is 9.59 Å². The Balaban J connectivity index is 1.25. The van der Waals surface area contributed by atoms with Crippen LogP contribution in [-0.2, 0) is 14.3 Å². The van der Waals surface area contributed by atoms with Crippen LogP contribution in [-0.4, -0.2) is 90.6 Å². The zero-order chi connectivity index (χ0) is 20.7. The summed E-state index contributed by atoms with van der Waals surface area (Å²) in [6, 6.07) is 9.59. The van der Waals surface area contributed by atoms with Crippen molar-refractivity contribution in [3.8, 4) is 5.75 Å². The first-order valence-corrected chi connectivity index (χ1v) is 11.0. The molecule has 160 valence electrons. The molecule has 30 heavy (non-hydrogen) atoms. The lowest BCUT2D eigenvalue weighted by atomic mass is 9.76. The fraction of sp³-hybridized carbons (Fsp3) is 0.565. The number of amides is 2. The molecular weight excluding hydrogens is 382 g/mol. The standard InChI is InChI=1S/C23H29N3O4/c1-2-24-10-12-25(13-11-24)21(27)19-18-8-9-23(30-18)16-26(22(28)20(19)23)14-15-29-17-6-4-3-5-7-17/h3-9,18-20H,2,10-16H2,1H3/t18-,19+,20-,23-/m0/s1. The number of para-hydroxylation sites is 1. The minimum Gasteiger partial charge on any atom is -0.492 e. The van der Waals surface area contributed by atoms with E-state index in [1.165, 1.54) is 0 Å². The molecule has 1 spiro atoms. The van der Waals surface area contributed by atoms with Gasteiger partial charge in [-0.25, -0.2) is 0 Å². The van der Waals surface area contributed by atoms with Gasteiger partial charge in [-0.2, -0.15) is 0 Å². The van der Waals surface area contributed by atoms with Crippen LogP contribution in [0.5, 0.6) is 5.75 Å². The highest BCUT2D eigenvalue weighted by molar-refractivity contribution is 5.93. The summed E-state index contributed by atoms with van der Waals surface area (Å²) < 4.78 is 12.0. The monoisotopic (exact) mass is 411 g/mol. The molecule has 3 saturated heterocycles. The molecule has 7 nitrogen and oxygen atoms in total. The van der Waals surface area contributed by atoms with Gasteiger partial charge in [-0.3, -0.25) is 9.59 Å². The molecule has 4 aliphatic rings. The summed E-state index contributed by atoms with van der Waals surface area (Å²) >= 11 is 0. The molecule has 2 bridgehead atoms. The summed E-state index contributed by atoms with van der Waals surface area (Å²) in [5.41, 5.74) is -0.653. The van der Waals surface area contributed by atoms with E-state index in [-0.39, 0.29) is 17.9 Å². The number of benzene rings is 1. The first-order valence-electron chi connectivity index (χ1n) is 11.0. The second-order valence-electron chi connectivity index (χ2n) is 8.58. The summed E-state index contributed by atoms with van der Waals surface area (Å²) in [6.07, 6.45) is 3.72. The first-order chi connectivity index (χ1) is 14.6.